The lowest BCUT2D eigenvalue weighted by molar-refractivity contribution is 1.50. The van der Waals surface area contributed by atoms with Crippen molar-refractivity contribution in [2.45, 2.75) is 139 Å². The van der Waals surface area contributed by atoms with Crippen molar-refractivity contribution in [3.8, 4) is 0 Å². The van der Waals surface area contributed by atoms with Crippen LogP contribution in [0.15, 0.2) is 36.4 Å². The van der Waals surface area contributed by atoms with Gasteiger partial charge in [0.05, 0.1) is 48.4 Å². The Morgan fingerprint density at radius 3 is 0.617 bits per heavy atom. The van der Waals surface area contributed by atoms with Gasteiger partial charge >= 0.3 is 0 Å². The fourth-order valence-corrected chi connectivity index (χ4v) is 31.7. The van der Waals surface area contributed by atoms with Gasteiger partial charge in [0.25, 0.3) is 0 Å². The van der Waals surface area contributed by atoms with E-state index < -0.39 is 55.8 Å². The second-order valence-electron chi connectivity index (χ2n) is 20.6. The standard InChI is InChI=1S/C39H69ClSi7/c1-28-31(41(4,5)6)22-25-34(37(28)44(13,14)15)47(40,35-26-23-32(42(7,8)9)29(2)38(35)45(16,17)18)36-27-24-33(43(10,11)12)30(3)39(36)46(19,20)21/h22-27H,1-21H3. The monoisotopic (exact) mass is 768 g/mol. The van der Waals surface area contributed by atoms with Gasteiger partial charge < -0.3 is 0 Å². The van der Waals surface area contributed by atoms with Crippen molar-refractivity contribution in [3.05, 3.63) is 53.1 Å². The largest absolute Gasteiger partial charge is 0.247 e. The van der Waals surface area contributed by atoms with E-state index in [9.17, 15) is 0 Å². The van der Waals surface area contributed by atoms with Crippen molar-refractivity contribution in [1.29, 1.82) is 0 Å². The number of hydrogen-bond donors (Lipinski definition) is 0. The Labute approximate surface area is 303 Å². The molecule has 0 heterocycles. The van der Waals surface area contributed by atoms with E-state index in [0.717, 1.165) is 0 Å². The van der Waals surface area contributed by atoms with E-state index >= 15 is 0 Å². The lowest BCUT2D eigenvalue weighted by atomic mass is 10.2. The fraction of sp³-hybridized carbons (Fsp3) is 0.538. The molecule has 260 valence electrons. The molecule has 0 saturated heterocycles. The van der Waals surface area contributed by atoms with Crippen LogP contribution in [0.4, 0.5) is 0 Å². The van der Waals surface area contributed by atoms with Gasteiger partial charge in [0, 0.05) is 0 Å². The summed E-state index contributed by atoms with van der Waals surface area (Å²) in [6.07, 6.45) is 0. The summed E-state index contributed by atoms with van der Waals surface area (Å²) < 4.78 is 0. The molecule has 0 aliphatic carbocycles. The van der Waals surface area contributed by atoms with Gasteiger partial charge in [-0.1, -0.05) is 202 Å². The van der Waals surface area contributed by atoms with Gasteiger partial charge in [0.1, 0.15) is 0 Å². The van der Waals surface area contributed by atoms with E-state index in [-0.39, 0.29) is 0 Å². The zero-order valence-electron chi connectivity index (χ0n) is 34.3. The maximum absolute atomic E-state index is 9.00. The zero-order chi connectivity index (χ0) is 36.7. The molecule has 8 heteroatoms. The van der Waals surface area contributed by atoms with Crippen molar-refractivity contribution in [3.63, 3.8) is 0 Å². The third-order valence-corrected chi connectivity index (χ3v) is 29.1. The lowest BCUT2D eigenvalue weighted by Gasteiger charge is -2.42. The summed E-state index contributed by atoms with van der Waals surface area (Å²) in [5, 5.41) is 14.2. The number of hydrogen-bond acceptors (Lipinski definition) is 0. The Kier molecular flexibility index (Phi) is 11.2. The number of halogens is 1. The molecule has 0 amide bonds. The zero-order valence-corrected chi connectivity index (χ0v) is 42.1. The summed E-state index contributed by atoms with van der Waals surface area (Å²) in [5.41, 5.74) is 4.65. The smallest absolute Gasteiger partial charge is 0.149 e. The number of rotatable bonds is 9. The van der Waals surface area contributed by atoms with Crippen molar-refractivity contribution in [1.82, 2.24) is 0 Å². The van der Waals surface area contributed by atoms with Crippen LogP contribution in [0.1, 0.15) is 16.7 Å². The first-order valence-electron chi connectivity index (χ1n) is 17.9. The predicted molar refractivity (Wildman–Crippen MR) is 242 cm³/mol. The molecule has 0 fully saturated rings. The van der Waals surface area contributed by atoms with Crippen molar-refractivity contribution < 1.29 is 0 Å². The highest BCUT2D eigenvalue weighted by atomic mass is 35.6. The minimum atomic E-state index is -3.06. The predicted octanol–water partition coefficient (Wildman–Crippen LogP) is 7.09. The first-order valence-corrected chi connectivity index (χ1v) is 41.9. The highest BCUT2D eigenvalue weighted by Gasteiger charge is 2.49. The summed E-state index contributed by atoms with van der Waals surface area (Å²) >= 11 is 9.00. The molecule has 3 aromatic carbocycles. The van der Waals surface area contributed by atoms with Crippen LogP contribution in [0, 0.1) is 20.8 Å². The summed E-state index contributed by atoms with van der Waals surface area (Å²) in [6.45, 7) is 53.1. The van der Waals surface area contributed by atoms with Gasteiger partial charge in [0.15, 0.2) is 0 Å². The Bertz CT molecular complexity index is 1470. The third kappa shape index (κ3) is 7.87. The molecule has 0 radical (unpaired) electrons. The maximum atomic E-state index is 9.00. The molecule has 47 heavy (non-hydrogen) atoms. The average Bonchev–Trinajstić information content (AvgIpc) is 2.82. The van der Waals surface area contributed by atoms with Gasteiger partial charge in [-0.2, -0.15) is 0 Å². The van der Waals surface area contributed by atoms with Crippen molar-refractivity contribution in [2.24, 2.45) is 0 Å². The fourth-order valence-electron chi connectivity index (χ4n) is 8.77. The van der Waals surface area contributed by atoms with Crippen LogP contribution in [0.25, 0.3) is 0 Å². The molecule has 0 spiro atoms. The summed E-state index contributed by atoms with van der Waals surface area (Å²) in [4.78, 5) is 0. The van der Waals surface area contributed by atoms with Gasteiger partial charge in [-0.25, -0.2) is 0 Å². The lowest BCUT2D eigenvalue weighted by Crippen LogP contribution is -2.78. The highest BCUT2D eigenvalue weighted by molar-refractivity contribution is 7.43. The van der Waals surface area contributed by atoms with E-state index in [0.29, 0.717) is 0 Å². The normalized spacial score (nSPS) is 14.2. The molecule has 0 atom stereocenters. The molecule has 0 unspecified atom stereocenters. The Morgan fingerprint density at radius 2 is 0.468 bits per heavy atom. The first-order chi connectivity index (χ1) is 20.8. The first kappa shape index (κ1) is 40.9. The molecule has 0 saturated carbocycles. The molecule has 0 aromatic heterocycles. The van der Waals surface area contributed by atoms with Gasteiger partial charge in [0.2, 0.25) is 7.38 Å². The van der Waals surface area contributed by atoms with Crippen LogP contribution in [0.2, 0.25) is 118 Å². The van der Waals surface area contributed by atoms with Crippen molar-refractivity contribution >= 4 is 114 Å². The molecular weight excluding hydrogens is 700 g/mol. The van der Waals surface area contributed by atoms with Crippen LogP contribution >= 0.6 is 11.1 Å². The Hall–Kier alpha value is -0.532. The van der Waals surface area contributed by atoms with Crippen LogP contribution in [0.5, 0.6) is 0 Å². The summed E-state index contributed by atoms with van der Waals surface area (Å²) in [5.74, 6) is 0. The topological polar surface area (TPSA) is 0 Å². The third-order valence-electron chi connectivity index (χ3n) is 10.2. The minimum Gasteiger partial charge on any atom is -0.149 e. The highest BCUT2D eigenvalue weighted by Crippen LogP contribution is 2.21. The number of benzene rings is 3. The van der Waals surface area contributed by atoms with E-state index in [2.05, 4.69) is 175 Å². The molecule has 0 aliphatic rings. The van der Waals surface area contributed by atoms with E-state index in [1.54, 1.807) is 47.8 Å². The second kappa shape index (κ2) is 12.9. The summed E-state index contributed by atoms with van der Waals surface area (Å²) in [6, 6.07) is 15.3. The Balaban J connectivity index is 2.84. The quantitative estimate of drug-likeness (QED) is 0.124. The molecule has 3 rings (SSSR count). The van der Waals surface area contributed by atoms with Crippen LogP contribution in [0.3, 0.4) is 0 Å². The molecule has 0 bridgehead atoms. The SMILES string of the molecule is Cc1c([Si](C)(C)C)ccc([Si](Cl)(c2ccc([Si](C)(C)C)c(C)c2[Si](C)(C)C)c2ccc([Si](C)(C)C)c(C)c2[Si](C)(C)C)c1[Si](C)(C)C. The van der Waals surface area contributed by atoms with Gasteiger partial charge in [-0.05, 0) is 36.3 Å². The van der Waals surface area contributed by atoms with Crippen LogP contribution < -0.4 is 46.7 Å². The molecule has 0 nitrogen and oxygen atoms in total. The molecule has 0 aliphatic heterocycles. The van der Waals surface area contributed by atoms with Gasteiger partial charge in [-0.3, -0.25) is 0 Å². The van der Waals surface area contributed by atoms with Crippen LogP contribution in [-0.4, -0.2) is 55.8 Å². The van der Waals surface area contributed by atoms with E-state index in [1.165, 1.54) is 15.6 Å². The molecule has 3 aromatic rings. The van der Waals surface area contributed by atoms with E-state index in [4.69, 9.17) is 11.1 Å². The van der Waals surface area contributed by atoms with Crippen LogP contribution in [-0.2, 0) is 0 Å². The van der Waals surface area contributed by atoms with E-state index in [1.807, 2.05) is 0 Å². The van der Waals surface area contributed by atoms with Gasteiger partial charge in [-0.15, -0.1) is 11.1 Å². The maximum Gasteiger partial charge on any atom is 0.247 e. The molecule has 0 N–H and O–H groups in total. The summed E-state index contributed by atoms with van der Waals surface area (Å²) in [7, 11) is -13.3. The second-order valence-corrected chi connectivity index (χ2v) is 55.4. The average molecular weight is 770 g/mol. The van der Waals surface area contributed by atoms with Crippen molar-refractivity contribution in [2.75, 3.05) is 0 Å². The Morgan fingerprint density at radius 1 is 0.298 bits per heavy atom. The molecular formula is C39H69ClSi7. The minimum absolute atomic E-state index is 1.50.